The summed E-state index contributed by atoms with van der Waals surface area (Å²) < 4.78 is 5.15. The maximum atomic E-state index is 12.2. The number of hydrogen-bond donors (Lipinski definition) is 0. The second kappa shape index (κ2) is 7.07. The van der Waals surface area contributed by atoms with Crippen LogP contribution in [0, 0.1) is 0 Å². The third-order valence-electron chi connectivity index (χ3n) is 3.21. The highest BCUT2D eigenvalue weighted by Crippen LogP contribution is 2.24. The van der Waals surface area contributed by atoms with Crippen LogP contribution in [0.15, 0.2) is 72.0 Å². The van der Waals surface area contributed by atoms with Crippen molar-refractivity contribution in [2.24, 2.45) is 0 Å². The Kier molecular flexibility index (Phi) is 4.68. The number of carbonyl (C=O) groups excluding carboxylic acids is 1. The molecule has 0 aliphatic rings. The summed E-state index contributed by atoms with van der Waals surface area (Å²) >= 11 is 1.03. The number of carbonyl (C=O) groups is 1. The Morgan fingerprint density at radius 3 is 2.43 bits per heavy atom. The standard InChI is InChI=1S/C18H14N2O2S/c1-22-15-9-7-13(8-10-15)16-11-12-19-18(20-16)23-17(21)14-5-3-2-4-6-14/h2-12H,1H3. The van der Waals surface area contributed by atoms with Crippen molar-refractivity contribution in [1.29, 1.82) is 0 Å². The minimum atomic E-state index is -0.0718. The van der Waals surface area contributed by atoms with E-state index >= 15 is 0 Å². The van der Waals surface area contributed by atoms with E-state index in [9.17, 15) is 4.79 Å². The van der Waals surface area contributed by atoms with Crippen molar-refractivity contribution in [3.63, 3.8) is 0 Å². The third-order valence-corrected chi connectivity index (χ3v) is 4.01. The molecule has 2 aromatic carbocycles. The van der Waals surface area contributed by atoms with Gasteiger partial charge in [-0.1, -0.05) is 30.3 Å². The number of methoxy groups -OCH3 is 1. The van der Waals surface area contributed by atoms with Crippen molar-refractivity contribution in [3.8, 4) is 17.0 Å². The van der Waals surface area contributed by atoms with Gasteiger partial charge in [-0.15, -0.1) is 0 Å². The number of aromatic nitrogens is 2. The number of ether oxygens (including phenoxy) is 1. The quantitative estimate of drug-likeness (QED) is 0.535. The van der Waals surface area contributed by atoms with Crippen LogP contribution in [0.4, 0.5) is 0 Å². The number of hydrogen-bond acceptors (Lipinski definition) is 5. The molecule has 0 saturated carbocycles. The van der Waals surface area contributed by atoms with Gasteiger partial charge in [-0.3, -0.25) is 4.79 Å². The molecule has 0 spiro atoms. The third kappa shape index (κ3) is 3.76. The summed E-state index contributed by atoms with van der Waals surface area (Å²) in [6.07, 6.45) is 1.66. The molecule has 0 N–H and O–H groups in total. The summed E-state index contributed by atoms with van der Waals surface area (Å²) in [5.74, 6) is 0.789. The molecule has 4 nitrogen and oxygen atoms in total. The maximum Gasteiger partial charge on any atom is 0.227 e. The highest BCUT2D eigenvalue weighted by atomic mass is 32.2. The first-order valence-corrected chi connectivity index (χ1v) is 7.82. The van der Waals surface area contributed by atoms with E-state index in [4.69, 9.17) is 4.74 Å². The van der Waals surface area contributed by atoms with E-state index in [-0.39, 0.29) is 5.12 Å². The minimum absolute atomic E-state index is 0.0718. The summed E-state index contributed by atoms with van der Waals surface area (Å²) in [6, 6.07) is 18.5. The first-order valence-electron chi connectivity index (χ1n) is 7.01. The van der Waals surface area contributed by atoms with Gasteiger partial charge in [0.25, 0.3) is 0 Å². The Morgan fingerprint density at radius 1 is 1.00 bits per heavy atom. The normalized spacial score (nSPS) is 10.3. The van der Waals surface area contributed by atoms with Crippen molar-refractivity contribution < 1.29 is 9.53 Å². The predicted octanol–water partition coefficient (Wildman–Crippen LogP) is 4.08. The molecule has 0 bridgehead atoms. The van der Waals surface area contributed by atoms with Crippen molar-refractivity contribution in [3.05, 3.63) is 72.4 Å². The largest absolute Gasteiger partial charge is 0.497 e. The van der Waals surface area contributed by atoms with Gasteiger partial charge in [0.1, 0.15) is 5.75 Å². The van der Waals surface area contributed by atoms with Crippen molar-refractivity contribution in [2.75, 3.05) is 7.11 Å². The van der Waals surface area contributed by atoms with Crippen LogP contribution >= 0.6 is 11.8 Å². The molecule has 0 fully saturated rings. The smallest absolute Gasteiger partial charge is 0.227 e. The lowest BCUT2D eigenvalue weighted by atomic mass is 10.1. The molecule has 0 saturated heterocycles. The fourth-order valence-corrected chi connectivity index (χ4v) is 2.71. The van der Waals surface area contributed by atoms with Crippen LogP contribution in [0.2, 0.25) is 0 Å². The van der Waals surface area contributed by atoms with Gasteiger partial charge >= 0.3 is 0 Å². The van der Waals surface area contributed by atoms with Crippen LogP contribution in [-0.2, 0) is 0 Å². The summed E-state index contributed by atoms with van der Waals surface area (Å²) in [7, 11) is 1.63. The van der Waals surface area contributed by atoms with Crippen molar-refractivity contribution in [1.82, 2.24) is 9.97 Å². The second-order valence-electron chi connectivity index (χ2n) is 4.71. The Bertz CT molecular complexity index is 805. The van der Waals surface area contributed by atoms with Crippen LogP contribution in [0.3, 0.4) is 0 Å². The van der Waals surface area contributed by atoms with E-state index in [2.05, 4.69) is 9.97 Å². The van der Waals surface area contributed by atoms with E-state index < -0.39 is 0 Å². The molecule has 3 rings (SSSR count). The molecule has 1 heterocycles. The molecule has 0 unspecified atom stereocenters. The topological polar surface area (TPSA) is 52.1 Å². The van der Waals surface area contributed by atoms with E-state index in [1.54, 1.807) is 25.4 Å². The molecule has 1 aromatic heterocycles. The van der Waals surface area contributed by atoms with Gasteiger partial charge in [0.2, 0.25) is 5.12 Å². The molecule has 23 heavy (non-hydrogen) atoms. The number of thioether (sulfide) groups is 1. The maximum absolute atomic E-state index is 12.2. The monoisotopic (exact) mass is 322 g/mol. The van der Waals surface area contributed by atoms with Gasteiger partial charge in [0, 0.05) is 17.3 Å². The molecular weight excluding hydrogens is 308 g/mol. The molecule has 0 amide bonds. The predicted molar refractivity (Wildman–Crippen MR) is 90.6 cm³/mol. The number of benzene rings is 2. The van der Waals surface area contributed by atoms with Gasteiger partial charge < -0.3 is 4.74 Å². The molecular formula is C18H14N2O2S. The van der Waals surface area contributed by atoms with E-state index in [1.807, 2.05) is 48.5 Å². The highest BCUT2D eigenvalue weighted by molar-refractivity contribution is 8.14. The molecule has 0 radical (unpaired) electrons. The minimum Gasteiger partial charge on any atom is -0.497 e. The summed E-state index contributed by atoms with van der Waals surface area (Å²) in [4.78, 5) is 20.8. The van der Waals surface area contributed by atoms with Crippen LogP contribution in [0.5, 0.6) is 5.75 Å². The fourth-order valence-electron chi connectivity index (χ4n) is 2.03. The molecule has 0 aliphatic heterocycles. The average Bonchev–Trinajstić information content (AvgIpc) is 2.63. The first-order chi connectivity index (χ1) is 11.3. The molecule has 3 aromatic rings. The van der Waals surface area contributed by atoms with E-state index in [1.165, 1.54) is 0 Å². The zero-order chi connectivity index (χ0) is 16.1. The van der Waals surface area contributed by atoms with Crippen LogP contribution in [0.1, 0.15) is 10.4 Å². The Hall–Kier alpha value is -2.66. The summed E-state index contributed by atoms with van der Waals surface area (Å²) in [5.41, 5.74) is 2.35. The zero-order valence-corrected chi connectivity index (χ0v) is 13.3. The van der Waals surface area contributed by atoms with Gasteiger partial charge in [0.15, 0.2) is 5.16 Å². The second-order valence-corrected chi connectivity index (χ2v) is 5.65. The Labute approximate surface area is 138 Å². The molecule has 5 heteroatoms. The number of rotatable bonds is 4. The molecule has 114 valence electrons. The Morgan fingerprint density at radius 2 is 1.74 bits per heavy atom. The average molecular weight is 322 g/mol. The van der Waals surface area contributed by atoms with Crippen molar-refractivity contribution >= 4 is 16.9 Å². The van der Waals surface area contributed by atoms with E-state index in [0.717, 1.165) is 28.8 Å². The van der Waals surface area contributed by atoms with Crippen LogP contribution in [-0.4, -0.2) is 22.2 Å². The van der Waals surface area contributed by atoms with Gasteiger partial charge in [-0.2, -0.15) is 0 Å². The highest BCUT2D eigenvalue weighted by Gasteiger charge is 2.11. The van der Waals surface area contributed by atoms with Gasteiger partial charge in [-0.25, -0.2) is 9.97 Å². The van der Waals surface area contributed by atoms with Crippen LogP contribution < -0.4 is 4.74 Å². The van der Waals surface area contributed by atoms with Crippen molar-refractivity contribution in [2.45, 2.75) is 5.16 Å². The lowest BCUT2D eigenvalue weighted by Gasteiger charge is -2.05. The van der Waals surface area contributed by atoms with E-state index in [0.29, 0.717) is 10.7 Å². The lowest BCUT2D eigenvalue weighted by Crippen LogP contribution is -1.96. The molecule has 0 aliphatic carbocycles. The summed E-state index contributed by atoms with van der Waals surface area (Å²) in [5, 5.41) is 0.365. The number of nitrogens with zero attached hydrogens (tertiary/aromatic N) is 2. The van der Waals surface area contributed by atoms with Crippen LogP contribution in [0.25, 0.3) is 11.3 Å². The van der Waals surface area contributed by atoms with Gasteiger partial charge in [0.05, 0.1) is 12.8 Å². The van der Waals surface area contributed by atoms with Gasteiger partial charge in [-0.05, 0) is 42.1 Å². The summed E-state index contributed by atoms with van der Waals surface area (Å²) in [6.45, 7) is 0. The Balaban J connectivity index is 1.80. The fraction of sp³-hybridized carbons (Fsp3) is 0.0556. The SMILES string of the molecule is COc1ccc(-c2ccnc(SC(=O)c3ccccc3)n2)cc1. The first kappa shape index (κ1) is 15.2. The lowest BCUT2D eigenvalue weighted by molar-refractivity contribution is 0.108. The molecule has 0 atom stereocenters. The zero-order valence-electron chi connectivity index (χ0n) is 12.5.